The number of hydrogen-bond acceptors (Lipinski definition) is 2. The second-order valence-corrected chi connectivity index (χ2v) is 3.70. The van der Waals surface area contributed by atoms with Gasteiger partial charge in [-0.1, -0.05) is 0 Å². The van der Waals surface area contributed by atoms with Crippen LogP contribution in [0.3, 0.4) is 0 Å². The van der Waals surface area contributed by atoms with Crippen LogP contribution in [0, 0.1) is 24.4 Å². The predicted molar refractivity (Wildman–Crippen MR) is 57.7 cm³/mol. The molecule has 0 aliphatic rings. The van der Waals surface area contributed by atoms with Crippen molar-refractivity contribution in [3.63, 3.8) is 0 Å². The highest BCUT2D eigenvalue weighted by Gasteiger charge is 2.17. The standard InChI is InChI=1S/C11H10F3N3/c1-5-16-10(11(15)17(5)2)6-3-8(13)9(14)4-7(6)12/h3-4H,15H2,1-2H3. The molecule has 90 valence electrons. The fraction of sp³-hybridized carbons (Fsp3) is 0.182. The summed E-state index contributed by atoms with van der Waals surface area (Å²) in [5.74, 6) is -2.51. The third-order valence-electron chi connectivity index (χ3n) is 2.63. The minimum absolute atomic E-state index is 0.112. The highest BCUT2D eigenvalue weighted by molar-refractivity contribution is 5.71. The summed E-state index contributed by atoms with van der Waals surface area (Å²) in [6, 6.07) is 1.23. The minimum Gasteiger partial charge on any atom is -0.383 e. The Morgan fingerprint density at radius 1 is 1.12 bits per heavy atom. The number of nitrogens with two attached hydrogens (primary N) is 1. The smallest absolute Gasteiger partial charge is 0.161 e. The van der Waals surface area contributed by atoms with Gasteiger partial charge in [0.15, 0.2) is 11.6 Å². The van der Waals surface area contributed by atoms with E-state index in [1.165, 1.54) is 4.57 Å². The first kappa shape index (κ1) is 11.5. The number of rotatable bonds is 1. The maximum atomic E-state index is 13.5. The lowest BCUT2D eigenvalue weighted by Gasteiger charge is -2.03. The van der Waals surface area contributed by atoms with Gasteiger partial charge in [-0.15, -0.1) is 0 Å². The first-order valence-corrected chi connectivity index (χ1v) is 4.85. The summed E-state index contributed by atoms with van der Waals surface area (Å²) >= 11 is 0. The van der Waals surface area contributed by atoms with E-state index in [9.17, 15) is 13.2 Å². The summed E-state index contributed by atoms with van der Waals surface area (Å²) in [5.41, 5.74) is 5.67. The number of benzene rings is 1. The quantitative estimate of drug-likeness (QED) is 0.779. The highest BCUT2D eigenvalue weighted by atomic mass is 19.2. The number of nitrogen functional groups attached to an aromatic ring is 1. The Hall–Kier alpha value is -1.98. The molecule has 1 heterocycles. The van der Waals surface area contributed by atoms with E-state index in [1.54, 1.807) is 14.0 Å². The molecule has 0 atom stereocenters. The predicted octanol–water partition coefficient (Wildman–Crippen LogP) is 2.40. The van der Waals surface area contributed by atoms with Gasteiger partial charge < -0.3 is 10.3 Å². The Bertz CT molecular complexity index is 590. The van der Waals surface area contributed by atoms with Crippen LogP contribution in [-0.2, 0) is 7.05 Å². The third kappa shape index (κ3) is 1.75. The van der Waals surface area contributed by atoms with Gasteiger partial charge in [-0.05, 0) is 13.0 Å². The second-order valence-electron chi connectivity index (χ2n) is 3.70. The molecule has 3 nitrogen and oxygen atoms in total. The monoisotopic (exact) mass is 241 g/mol. The van der Waals surface area contributed by atoms with Crippen LogP contribution in [0.4, 0.5) is 19.0 Å². The average molecular weight is 241 g/mol. The van der Waals surface area contributed by atoms with Crippen molar-refractivity contribution in [3.8, 4) is 11.3 Å². The van der Waals surface area contributed by atoms with Crippen molar-refractivity contribution in [2.24, 2.45) is 7.05 Å². The van der Waals surface area contributed by atoms with Gasteiger partial charge in [-0.25, -0.2) is 18.2 Å². The van der Waals surface area contributed by atoms with Gasteiger partial charge in [0, 0.05) is 18.7 Å². The normalized spacial score (nSPS) is 10.9. The molecule has 0 unspecified atom stereocenters. The molecule has 2 rings (SSSR count). The van der Waals surface area contributed by atoms with Crippen LogP contribution in [0.1, 0.15) is 5.82 Å². The molecule has 17 heavy (non-hydrogen) atoms. The molecule has 2 aromatic rings. The van der Waals surface area contributed by atoms with Gasteiger partial charge in [0.1, 0.15) is 23.2 Å². The summed E-state index contributed by atoms with van der Waals surface area (Å²) in [4.78, 5) is 4.02. The molecular formula is C11H10F3N3. The molecule has 0 saturated heterocycles. The number of aromatic nitrogens is 2. The number of aryl methyl sites for hydroxylation is 1. The lowest BCUT2D eigenvalue weighted by atomic mass is 10.1. The lowest BCUT2D eigenvalue weighted by Crippen LogP contribution is -1.99. The van der Waals surface area contributed by atoms with E-state index in [4.69, 9.17) is 5.73 Å². The Kier molecular flexibility index (Phi) is 2.57. The average Bonchev–Trinajstić information content (AvgIpc) is 2.51. The zero-order valence-electron chi connectivity index (χ0n) is 9.26. The van der Waals surface area contributed by atoms with Crippen LogP contribution >= 0.6 is 0 Å². The van der Waals surface area contributed by atoms with E-state index >= 15 is 0 Å². The van der Waals surface area contributed by atoms with Crippen LogP contribution in [0.25, 0.3) is 11.3 Å². The van der Waals surface area contributed by atoms with Gasteiger partial charge >= 0.3 is 0 Å². The molecule has 2 N–H and O–H groups in total. The van der Waals surface area contributed by atoms with Crippen molar-refractivity contribution in [1.82, 2.24) is 9.55 Å². The molecular weight excluding hydrogens is 231 g/mol. The molecule has 1 aromatic heterocycles. The van der Waals surface area contributed by atoms with Gasteiger partial charge in [-0.2, -0.15) is 0 Å². The third-order valence-corrected chi connectivity index (χ3v) is 2.63. The Morgan fingerprint density at radius 3 is 2.24 bits per heavy atom. The molecule has 0 aliphatic heterocycles. The number of halogens is 3. The highest BCUT2D eigenvalue weighted by Crippen LogP contribution is 2.29. The topological polar surface area (TPSA) is 43.8 Å². The van der Waals surface area contributed by atoms with Crippen LogP contribution in [0.2, 0.25) is 0 Å². The second kappa shape index (κ2) is 3.80. The van der Waals surface area contributed by atoms with Crippen LogP contribution in [0.5, 0.6) is 0 Å². The van der Waals surface area contributed by atoms with Crippen molar-refractivity contribution >= 4 is 5.82 Å². The maximum absolute atomic E-state index is 13.5. The van der Waals surface area contributed by atoms with E-state index in [1.807, 2.05) is 0 Å². The molecule has 1 aromatic carbocycles. The fourth-order valence-electron chi connectivity index (χ4n) is 1.53. The summed E-state index contributed by atoms with van der Waals surface area (Å²) in [6.45, 7) is 1.68. The number of nitrogens with zero attached hydrogens (tertiary/aromatic N) is 2. The molecule has 0 fully saturated rings. The van der Waals surface area contributed by atoms with Crippen molar-refractivity contribution in [3.05, 3.63) is 35.4 Å². The van der Waals surface area contributed by atoms with E-state index in [2.05, 4.69) is 4.98 Å². The zero-order valence-corrected chi connectivity index (χ0v) is 9.26. The minimum atomic E-state index is -1.24. The van der Waals surface area contributed by atoms with Crippen molar-refractivity contribution in [1.29, 1.82) is 0 Å². The largest absolute Gasteiger partial charge is 0.383 e. The number of imidazole rings is 1. The molecule has 0 bridgehead atoms. The van der Waals surface area contributed by atoms with E-state index in [0.29, 0.717) is 11.9 Å². The molecule has 6 heteroatoms. The van der Waals surface area contributed by atoms with Crippen LogP contribution in [-0.4, -0.2) is 9.55 Å². The summed E-state index contributed by atoms with van der Waals surface area (Å²) in [7, 11) is 1.65. The van der Waals surface area contributed by atoms with E-state index < -0.39 is 17.5 Å². The SMILES string of the molecule is Cc1nc(-c2cc(F)c(F)cc2F)c(N)n1C. The van der Waals surface area contributed by atoms with Gasteiger partial charge in [0.2, 0.25) is 0 Å². The first-order valence-electron chi connectivity index (χ1n) is 4.85. The van der Waals surface area contributed by atoms with Crippen molar-refractivity contribution < 1.29 is 13.2 Å². The zero-order chi connectivity index (χ0) is 12.7. The van der Waals surface area contributed by atoms with Gasteiger partial charge in [-0.3, -0.25) is 0 Å². The van der Waals surface area contributed by atoms with Crippen molar-refractivity contribution in [2.45, 2.75) is 6.92 Å². The lowest BCUT2D eigenvalue weighted by molar-refractivity contribution is 0.496. The van der Waals surface area contributed by atoms with E-state index in [0.717, 1.165) is 6.07 Å². The maximum Gasteiger partial charge on any atom is 0.161 e. The van der Waals surface area contributed by atoms with E-state index in [-0.39, 0.29) is 17.1 Å². The molecule has 0 radical (unpaired) electrons. The molecule has 0 saturated carbocycles. The van der Waals surface area contributed by atoms with Crippen LogP contribution in [0.15, 0.2) is 12.1 Å². The molecule has 0 spiro atoms. The van der Waals surface area contributed by atoms with Gasteiger partial charge in [0.05, 0.1) is 0 Å². The van der Waals surface area contributed by atoms with Gasteiger partial charge in [0.25, 0.3) is 0 Å². The Morgan fingerprint density at radius 2 is 1.71 bits per heavy atom. The Balaban J connectivity index is 2.68. The van der Waals surface area contributed by atoms with Crippen LogP contribution < -0.4 is 5.73 Å². The summed E-state index contributed by atoms with van der Waals surface area (Å²) in [6.07, 6.45) is 0. The fourth-order valence-corrected chi connectivity index (χ4v) is 1.53. The summed E-state index contributed by atoms with van der Waals surface area (Å²) in [5, 5.41) is 0. The molecule has 0 aliphatic carbocycles. The number of anilines is 1. The number of hydrogen-bond donors (Lipinski definition) is 1. The van der Waals surface area contributed by atoms with Crippen molar-refractivity contribution in [2.75, 3.05) is 5.73 Å². The Labute approximate surface area is 95.7 Å². The summed E-state index contributed by atoms with van der Waals surface area (Å²) < 4.78 is 40.9. The molecule has 0 amide bonds. The first-order chi connectivity index (χ1) is 7.91.